The fraction of sp³-hybridized carbons (Fsp3) is 0.364. The second kappa shape index (κ2) is 10.9. The molecule has 2 aromatic carbocycles. The van der Waals surface area contributed by atoms with Crippen molar-refractivity contribution >= 4 is 5.97 Å². The lowest BCUT2D eigenvalue weighted by molar-refractivity contribution is -0.740. The number of benzene rings is 2. The van der Waals surface area contributed by atoms with Gasteiger partial charge in [-0.3, -0.25) is 4.90 Å². The third-order valence-corrected chi connectivity index (χ3v) is 8.71. The third kappa shape index (κ3) is 4.72. The monoisotopic (exact) mass is 567 g/mol. The van der Waals surface area contributed by atoms with Crippen LogP contribution in [0.2, 0.25) is 0 Å². The quantitative estimate of drug-likeness (QED) is 0.333. The van der Waals surface area contributed by atoms with Gasteiger partial charge in [0.25, 0.3) is 0 Å². The SMILES string of the molecule is Cc1cccc(-c2cccc3[n+]2C(C)Oc2c(C(=O)O)cnn2-3)c1OCc1ccc2c(c1)CCN(C1CCOCC1)C2. The molecule has 3 aliphatic heterocycles. The van der Waals surface area contributed by atoms with E-state index in [4.69, 9.17) is 14.2 Å². The van der Waals surface area contributed by atoms with Gasteiger partial charge in [-0.25, -0.2) is 4.79 Å². The van der Waals surface area contributed by atoms with Crippen molar-refractivity contribution in [1.82, 2.24) is 14.7 Å². The number of fused-ring (bicyclic) bond motifs is 4. The van der Waals surface area contributed by atoms with Crippen LogP contribution in [0, 0.1) is 6.92 Å². The number of rotatable bonds is 6. The number of hydrogen-bond donors (Lipinski definition) is 1. The molecule has 5 heterocycles. The predicted molar refractivity (Wildman–Crippen MR) is 155 cm³/mol. The second-order valence-corrected chi connectivity index (χ2v) is 11.3. The van der Waals surface area contributed by atoms with Crippen LogP contribution in [0.15, 0.2) is 60.8 Å². The largest absolute Gasteiger partial charge is 0.488 e. The lowest BCUT2D eigenvalue weighted by Gasteiger charge is -2.37. The first-order valence-electron chi connectivity index (χ1n) is 14.7. The van der Waals surface area contributed by atoms with Crippen LogP contribution in [0.3, 0.4) is 0 Å². The minimum atomic E-state index is -1.07. The molecule has 3 aliphatic rings. The maximum Gasteiger partial charge on any atom is 0.345 e. The average molecular weight is 568 g/mol. The number of nitrogens with zero attached hydrogens (tertiary/aromatic N) is 4. The zero-order chi connectivity index (χ0) is 28.8. The molecule has 9 heteroatoms. The summed E-state index contributed by atoms with van der Waals surface area (Å²) in [5.41, 5.74) is 6.90. The van der Waals surface area contributed by atoms with Crippen molar-refractivity contribution in [2.45, 2.75) is 58.5 Å². The van der Waals surface area contributed by atoms with Crippen molar-refractivity contribution in [2.75, 3.05) is 19.8 Å². The summed E-state index contributed by atoms with van der Waals surface area (Å²) in [6, 6.07) is 19.4. The van der Waals surface area contributed by atoms with E-state index in [1.165, 1.54) is 17.3 Å². The topological polar surface area (TPSA) is 89.9 Å². The minimum Gasteiger partial charge on any atom is -0.488 e. The van der Waals surface area contributed by atoms with Crippen LogP contribution < -0.4 is 14.0 Å². The lowest BCUT2D eigenvalue weighted by Crippen LogP contribution is -2.50. The van der Waals surface area contributed by atoms with Crippen LogP contribution in [0.4, 0.5) is 0 Å². The van der Waals surface area contributed by atoms with Crippen molar-refractivity contribution in [3.63, 3.8) is 0 Å². The number of para-hydroxylation sites is 1. The smallest absolute Gasteiger partial charge is 0.345 e. The van der Waals surface area contributed by atoms with Gasteiger partial charge in [0.05, 0.1) is 11.8 Å². The molecular formula is C33H35N4O5+. The summed E-state index contributed by atoms with van der Waals surface area (Å²) < 4.78 is 21.8. The van der Waals surface area contributed by atoms with Gasteiger partial charge < -0.3 is 19.3 Å². The van der Waals surface area contributed by atoms with Crippen molar-refractivity contribution in [3.05, 3.63) is 88.6 Å². The predicted octanol–water partition coefficient (Wildman–Crippen LogP) is 4.86. The molecule has 1 atom stereocenters. The van der Waals surface area contributed by atoms with Gasteiger partial charge in [0, 0.05) is 45.3 Å². The standard InChI is InChI=1S/C33H34N4O5/c1-21-5-3-6-27(29-7-4-8-30-36(29)22(2)42-32-28(33(38)39)18-34-37(30)32)31(21)41-20-23-9-10-25-19-35(14-11-24(25)17-23)26-12-15-40-16-13-26/h3-10,17-18,22,26H,11-16,19-20H2,1-2H3/p+1. The van der Waals surface area contributed by atoms with Crippen LogP contribution in [0.5, 0.6) is 11.6 Å². The highest BCUT2D eigenvalue weighted by Crippen LogP contribution is 2.36. The van der Waals surface area contributed by atoms with Crippen molar-refractivity contribution in [3.8, 4) is 28.7 Å². The fourth-order valence-electron chi connectivity index (χ4n) is 6.54. The molecule has 1 saturated heterocycles. The molecular weight excluding hydrogens is 532 g/mol. The van der Waals surface area contributed by atoms with E-state index < -0.39 is 12.2 Å². The number of hydrogen-bond acceptors (Lipinski definition) is 6. The first-order valence-corrected chi connectivity index (χ1v) is 14.7. The van der Waals surface area contributed by atoms with Gasteiger partial charge in [0.1, 0.15) is 18.1 Å². The van der Waals surface area contributed by atoms with E-state index >= 15 is 0 Å². The highest BCUT2D eigenvalue weighted by Gasteiger charge is 2.38. The zero-order valence-electron chi connectivity index (χ0n) is 24.0. The van der Waals surface area contributed by atoms with Crippen LogP contribution in [0.1, 0.15) is 58.6 Å². The van der Waals surface area contributed by atoms with E-state index in [-0.39, 0.29) is 11.4 Å². The molecule has 2 aromatic heterocycles. The van der Waals surface area contributed by atoms with Crippen LogP contribution >= 0.6 is 0 Å². The first-order chi connectivity index (χ1) is 20.5. The number of carbonyl (C=O) groups is 1. The van der Waals surface area contributed by atoms with E-state index in [1.807, 2.05) is 35.8 Å². The number of aryl methyl sites for hydroxylation is 1. The van der Waals surface area contributed by atoms with Gasteiger partial charge in [0.15, 0.2) is 5.56 Å². The molecule has 0 bridgehead atoms. The molecule has 9 nitrogen and oxygen atoms in total. The Morgan fingerprint density at radius 1 is 1.12 bits per heavy atom. The number of carboxylic acids is 1. The Kier molecular flexibility index (Phi) is 6.91. The summed E-state index contributed by atoms with van der Waals surface area (Å²) in [6.07, 6.45) is 4.18. The first kappa shape index (κ1) is 26.7. The van der Waals surface area contributed by atoms with Crippen molar-refractivity contribution < 1.29 is 28.7 Å². The van der Waals surface area contributed by atoms with Gasteiger partial charge >= 0.3 is 17.7 Å². The normalized spacial score (nSPS) is 18.5. The Morgan fingerprint density at radius 2 is 1.95 bits per heavy atom. The zero-order valence-corrected chi connectivity index (χ0v) is 24.0. The van der Waals surface area contributed by atoms with Gasteiger partial charge in [-0.15, -0.1) is 0 Å². The van der Waals surface area contributed by atoms with Gasteiger partial charge in [-0.1, -0.05) is 40.1 Å². The number of pyridine rings is 1. The maximum absolute atomic E-state index is 11.7. The molecule has 0 amide bonds. The molecule has 216 valence electrons. The number of aromatic nitrogens is 3. The Morgan fingerprint density at radius 3 is 2.79 bits per heavy atom. The number of carboxylic acid groups (broad SMARTS) is 1. The molecule has 0 radical (unpaired) electrons. The van der Waals surface area contributed by atoms with E-state index in [0.717, 1.165) is 79.5 Å². The van der Waals surface area contributed by atoms with Gasteiger partial charge in [0.2, 0.25) is 6.23 Å². The molecule has 0 aliphatic carbocycles. The molecule has 1 unspecified atom stereocenters. The maximum atomic E-state index is 11.7. The highest BCUT2D eigenvalue weighted by atomic mass is 16.5. The molecule has 0 saturated carbocycles. The van der Waals surface area contributed by atoms with Gasteiger partial charge in [-0.05, 0) is 66.6 Å². The molecule has 1 N–H and O–H groups in total. The Hall–Kier alpha value is -4.21. The Balaban J connectivity index is 1.16. The van der Waals surface area contributed by atoms with E-state index in [0.29, 0.717) is 12.6 Å². The molecule has 7 rings (SSSR count). The summed E-state index contributed by atoms with van der Waals surface area (Å²) in [7, 11) is 0. The number of ether oxygens (including phenoxy) is 3. The van der Waals surface area contributed by atoms with Crippen LogP contribution in [-0.4, -0.2) is 51.6 Å². The summed E-state index contributed by atoms with van der Waals surface area (Å²) in [6.45, 7) is 8.27. The van der Waals surface area contributed by atoms with Crippen LogP contribution in [0.25, 0.3) is 17.1 Å². The fourth-order valence-corrected chi connectivity index (χ4v) is 6.54. The van der Waals surface area contributed by atoms with Crippen LogP contribution in [-0.2, 0) is 24.3 Å². The minimum absolute atomic E-state index is 0.0411. The average Bonchev–Trinajstić information content (AvgIpc) is 3.44. The van der Waals surface area contributed by atoms with Gasteiger partial charge in [-0.2, -0.15) is 4.57 Å². The molecule has 42 heavy (non-hydrogen) atoms. The third-order valence-electron chi connectivity index (χ3n) is 8.71. The lowest BCUT2D eigenvalue weighted by atomic mass is 9.95. The molecule has 0 spiro atoms. The summed E-state index contributed by atoms with van der Waals surface area (Å²) >= 11 is 0. The second-order valence-electron chi connectivity index (χ2n) is 11.3. The number of aromatic carboxylic acids is 1. The van der Waals surface area contributed by atoms with Crippen molar-refractivity contribution in [1.29, 1.82) is 0 Å². The summed E-state index contributed by atoms with van der Waals surface area (Å²) in [5, 5.41) is 13.9. The molecule has 4 aromatic rings. The van der Waals surface area contributed by atoms with Crippen molar-refractivity contribution in [2.24, 2.45) is 0 Å². The molecule has 1 fully saturated rings. The summed E-state index contributed by atoms with van der Waals surface area (Å²) in [5.74, 6) is 0.703. The van der Waals surface area contributed by atoms with E-state index in [2.05, 4.69) is 47.3 Å². The summed E-state index contributed by atoms with van der Waals surface area (Å²) in [4.78, 5) is 14.3. The van der Waals surface area contributed by atoms with E-state index in [1.54, 1.807) is 4.68 Å². The highest BCUT2D eigenvalue weighted by molar-refractivity contribution is 5.90. The Bertz CT molecular complexity index is 1660. The van der Waals surface area contributed by atoms with E-state index in [9.17, 15) is 9.90 Å². The Labute approximate surface area is 244 Å².